The minimum atomic E-state index is -0.146. The predicted molar refractivity (Wildman–Crippen MR) is 103 cm³/mol. The van der Waals surface area contributed by atoms with Crippen molar-refractivity contribution in [1.82, 2.24) is 9.55 Å². The molecule has 0 radical (unpaired) electrons. The van der Waals surface area contributed by atoms with Gasteiger partial charge in [0.15, 0.2) is 5.82 Å². The van der Waals surface area contributed by atoms with Crippen molar-refractivity contribution in [3.8, 4) is 5.69 Å². The number of aromatic nitrogens is 2. The number of hydrogen-bond donors (Lipinski definition) is 1. The number of nitrogens with one attached hydrogen (secondary N) is 1. The molecule has 0 atom stereocenters. The van der Waals surface area contributed by atoms with Crippen molar-refractivity contribution in [3.05, 3.63) is 86.9 Å². The van der Waals surface area contributed by atoms with Gasteiger partial charge in [-0.05, 0) is 55.2 Å². The molecule has 2 aromatic carbocycles. The van der Waals surface area contributed by atoms with Crippen LogP contribution in [0.4, 0.5) is 5.82 Å². The summed E-state index contributed by atoms with van der Waals surface area (Å²) in [5, 5.41) is 3.86. The van der Waals surface area contributed by atoms with Crippen LogP contribution in [0.25, 0.3) is 5.69 Å². The third-order valence-electron chi connectivity index (χ3n) is 4.08. The average Bonchev–Trinajstić information content (AvgIpc) is 2.60. The Morgan fingerprint density at radius 3 is 2.64 bits per heavy atom. The van der Waals surface area contributed by atoms with Gasteiger partial charge in [-0.1, -0.05) is 35.9 Å². The minimum Gasteiger partial charge on any atom is -0.365 e. The molecule has 1 N–H and O–H groups in total. The predicted octanol–water partition coefficient (Wildman–Crippen LogP) is 4.16. The fourth-order valence-electron chi connectivity index (χ4n) is 2.68. The van der Waals surface area contributed by atoms with Gasteiger partial charge in [-0.2, -0.15) is 0 Å². The summed E-state index contributed by atoms with van der Waals surface area (Å²) in [6, 6.07) is 13.8. The van der Waals surface area contributed by atoms with Crippen molar-refractivity contribution >= 4 is 17.4 Å². The second-order valence-electron chi connectivity index (χ2n) is 6.04. The van der Waals surface area contributed by atoms with Crippen LogP contribution in [0, 0.1) is 13.8 Å². The van der Waals surface area contributed by atoms with Crippen molar-refractivity contribution in [2.45, 2.75) is 20.3 Å². The smallest absolute Gasteiger partial charge is 0.297 e. The van der Waals surface area contributed by atoms with Crippen LogP contribution in [0.3, 0.4) is 0 Å². The molecule has 0 unspecified atom stereocenters. The van der Waals surface area contributed by atoms with E-state index in [4.69, 9.17) is 11.6 Å². The fraction of sp³-hybridized carbons (Fsp3) is 0.200. The lowest BCUT2D eigenvalue weighted by atomic mass is 10.1. The van der Waals surface area contributed by atoms with Gasteiger partial charge in [0.2, 0.25) is 0 Å². The second kappa shape index (κ2) is 7.53. The quantitative estimate of drug-likeness (QED) is 0.749. The summed E-state index contributed by atoms with van der Waals surface area (Å²) in [5.74, 6) is 0.359. The van der Waals surface area contributed by atoms with E-state index < -0.39 is 0 Å². The lowest BCUT2D eigenvalue weighted by Crippen LogP contribution is -2.24. The normalized spacial score (nSPS) is 10.7. The Morgan fingerprint density at radius 2 is 1.88 bits per heavy atom. The zero-order chi connectivity index (χ0) is 17.8. The molecule has 0 aliphatic rings. The van der Waals surface area contributed by atoms with E-state index in [9.17, 15) is 4.79 Å². The summed E-state index contributed by atoms with van der Waals surface area (Å²) in [6.07, 6.45) is 4.14. The molecule has 3 aromatic rings. The van der Waals surface area contributed by atoms with E-state index in [1.54, 1.807) is 17.0 Å². The van der Waals surface area contributed by atoms with Gasteiger partial charge in [-0.25, -0.2) is 4.98 Å². The van der Waals surface area contributed by atoms with Crippen LogP contribution < -0.4 is 10.9 Å². The molecular weight excluding hydrogens is 334 g/mol. The number of aryl methyl sites for hydroxylation is 2. The molecule has 0 saturated heterocycles. The first-order chi connectivity index (χ1) is 12.0. The molecule has 0 bridgehead atoms. The first-order valence-corrected chi connectivity index (χ1v) is 8.56. The van der Waals surface area contributed by atoms with Crippen molar-refractivity contribution in [2.75, 3.05) is 11.9 Å². The van der Waals surface area contributed by atoms with Crippen LogP contribution in [-0.4, -0.2) is 16.1 Å². The minimum absolute atomic E-state index is 0.146. The van der Waals surface area contributed by atoms with Gasteiger partial charge in [-0.3, -0.25) is 9.36 Å². The second-order valence-corrected chi connectivity index (χ2v) is 6.48. The van der Waals surface area contributed by atoms with Gasteiger partial charge < -0.3 is 5.32 Å². The zero-order valence-electron chi connectivity index (χ0n) is 14.3. The standard InChI is InChI=1S/C20H20ClN3O/c1-14-3-4-15(2)18(13-14)24-12-11-23-19(20(24)25)22-10-9-16-5-7-17(21)8-6-16/h3-8,11-13H,9-10H2,1-2H3,(H,22,23). The van der Waals surface area contributed by atoms with Crippen LogP contribution in [0.2, 0.25) is 5.02 Å². The van der Waals surface area contributed by atoms with Gasteiger partial charge >= 0.3 is 0 Å². The van der Waals surface area contributed by atoms with Gasteiger partial charge in [-0.15, -0.1) is 0 Å². The number of nitrogens with zero attached hydrogens (tertiary/aromatic N) is 2. The van der Waals surface area contributed by atoms with Crippen LogP contribution in [0.15, 0.2) is 59.7 Å². The summed E-state index contributed by atoms with van der Waals surface area (Å²) in [4.78, 5) is 16.9. The van der Waals surface area contributed by atoms with E-state index in [0.717, 1.165) is 33.8 Å². The third-order valence-corrected chi connectivity index (χ3v) is 4.34. The van der Waals surface area contributed by atoms with E-state index in [1.165, 1.54) is 0 Å². The zero-order valence-corrected chi connectivity index (χ0v) is 15.0. The monoisotopic (exact) mass is 353 g/mol. The Balaban J connectivity index is 1.78. The highest BCUT2D eigenvalue weighted by Crippen LogP contribution is 2.14. The molecular formula is C20H20ClN3O. The molecule has 0 aliphatic carbocycles. The van der Waals surface area contributed by atoms with E-state index in [2.05, 4.69) is 10.3 Å². The van der Waals surface area contributed by atoms with Crippen molar-refractivity contribution < 1.29 is 0 Å². The van der Waals surface area contributed by atoms with Crippen LogP contribution in [0.5, 0.6) is 0 Å². The Kier molecular flexibility index (Phi) is 5.19. The summed E-state index contributed by atoms with van der Waals surface area (Å²) in [5.41, 5.74) is 4.05. The maximum absolute atomic E-state index is 12.7. The number of hydrogen-bond acceptors (Lipinski definition) is 3. The van der Waals surface area contributed by atoms with Crippen LogP contribution >= 0.6 is 11.6 Å². The lowest BCUT2D eigenvalue weighted by Gasteiger charge is -2.12. The molecule has 0 amide bonds. The highest BCUT2D eigenvalue weighted by molar-refractivity contribution is 6.30. The van der Waals surface area contributed by atoms with E-state index in [-0.39, 0.29) is 5.56 Å². The van der Waals surface area contributed by atoms with E-state index in [0.29, 0.717) is 12.4 Å². The summed E-state index contributed by atoms with van der Waals surface area (Å²) in [7, 11) is 0. The largest absolute Gasteiger partial charge is 0.365 e. The van der Waals surface area contributed by atoms with E-state index >= 15 is 0 Å². The molecule has 0 spiro atoms. The molecule has 0 saturated carbocycles. The average molecular weight is 354 g/mol. The molecule has 0 aliphatic heterocycles. The first kappa shape index (κ1) is 17.2. The Labute approximate surface area is 152 Å². The Morgan fingerprint density at radius 1 is 1.12 bits per heavy atom. The number of rotatable bonds is 5. The molecule has 5 heteroatoms. The SMILES string of the molecule is Cc1ccc(C)c(-n2ccnc(NCCc3ccc(Cl)cc3)c2=O)c1. The van der Waals surface area contributed by atoms with Gasteiger partial charge in [0.1, 0.15) is 0 Å². The van der Waals surface area contributed by atoms with Crippen molar-refractivity contribution in [2.24, 2.45) is 0 Å². The maximum Gasteiger partial charge on any atom is 0.297 e. The lowest BCUT2D eigenvalue weighted by molar-refractivity contribution is 0.925. The Hall–Kier alpha value is -2.59. The summed E-state index contributed by atoms with van der Waals surface area (Å²) < 4.78 is 1.64. The molecule has 128 valence electrons. The first-order valence-electron chi connectivity index (χ1n) is 8.18. The number of benzene rings is 2. The highest BCUT2D eigenvalue weighted by atomic mass is 35.5. The molecule has 4 nitrogen and oxygen atoms in total. The van der Waals surface area contributed by atoms with Gasteiger partial charge in [0.25, 0.3) is 5.56 Å². The Bertz CT molecular complexity index is 932. The molecule has 25 heavy (non-hydrogen) atoms. The summed E-state index contributed by atoms with van der Waals surface area (Å²) >= 11 is 5.89. The maximum atomic E-state index is 12.7. The molecule has 0 fully saturated rings. The van der Waals surface area contributed by atoms with Crippen LogP contribution in [0.1, 0.15) is 16.7 Å². The van der Waals surface area contributed by atoms with Crippen molar-refractivity contribution in [3.63, 3.8) is 0 Å². The van der Waals surface area contributed by atoms with Crippen LogP contribution in [-0.2, 0) is 6.42 Å². The molecule has 1 aromatic heterocycles. The topological polar surface area (TPSA) is 46.9 Å². The molecule has 3 rings (SSSR count). The van der Waals surface area contributed by atoms with Crippen molar-refractivity contribution in [1.29, 1.82) is 0 Å². The number of anilines is 1. The van der Waals surface area contributed by atoms with Gasteiger partial charge in [0.05, 0.1) is 5.69 Å². The van der Waals surface area contributed by atoms with E-state index in [1.807, 2.05) is 56.3 Å². The van der Waals surface area contributed by atoms with Gasteiger partial charge in [0, 0.05) is 24.0 Å². The summed E-state index contributed by atoms with van der Waals surface area (Å²) in [6.45, 7) is 4.64. The number of halogens is 1. The third kappa shape index (κ3) is 4.09. The fourth-order valence-corrected chi connectivity index (χ4v) is 2.80. The molecule has 1 heterocycles. The highest BCUT2D eigenvalue weighted by Gasteiger charge is 2.08.